The minimum absolute atomic E-state index is 0.0691. The lowest BCUT2D eigenvalue weighted by molar-refractivity contribution is -0.385. The summed E-state index contributed by atoms with van der Waals surface area (Å²) in [5.41, 5.74) is -0.0839. The van der Waals surface area contributed by atoms with E-state index in [4.69, 9.17) is 4.74 Å². The average Bonchev–Trinajstić information content (AvgIpc) is 2.61. The van der Waals surface area contributed by atoms with Gasteiger partial charge >= 0.3 is 6.18 Å². The summed E-state index contributed by atoms with van der Waals surface area (Å²) < 4.78 is 44.7. The molecule has 2 aromatic rings. The fourth-order valence-electron chi connectivity index (χ4n) is 3.09. The van der Waals surface area contributed by atoms with E-state index < -0.39 is 22.8 Å². The number of halogens is 3. The van der Waals surface area contributed by atoms with Gasteiger partial charge in [-0.15, -0.1) is 0 Å². The molecule has 2 heterocycles. The van der Waals surface area contributed by atoms with Gasteiger partial charge in [0.1, 0.15) is 17.6 Å². The predicted octanol–water partition coefficient (Wildman–Crippen LogP) is 4.28. The van der Waals surface area contributed by atoms with E-state index in [-0.39, 0.29) is 17.4 Å². The van der Waals surface area contributed by atoms with Crippen LogP contribution in [0.4, 0.5) is 24.7 Å². The van der Waals surface area contributed by atoms with E-state index in [1.165, 1.54) is 12.1 Å². The highest BCUT2D eigenvalue weighted by Crippen LogP contribution is 2.34. The summed E-state index contributed by atoms with van der Waals surface area (Å²) in [5.74, 6) is 0.533. The number of morpholine rings is 1. The Labute approximate surface area is 153 Å². The van der Waals surface area contributed by atoms with Crippen LogP contribution in [-0.2, 0) is 10.9 Å². The van der Waals surface area contributed by atoms with E-state index in [0.29, 0.717) is 24.5 Å². The Morgan fingerprint density at radius 2 is 2.04 bits per heavy atom. The van der Waals surface area contributed by atoms with Crippen LogP contribution in [0, 0.1) is 17.0 Å². The van der Waals surface area contributed by atoms with Crippen LogP contribution in [0.2, 0.25) is 0 Å². The van der Waals surface area contributed by atoms with Gasteiger partial charge in [-0.25, -0.2) is 4.98 Å². The Bertz CT molecular complexity index is 857. The second-order valence-corrected chi connectivity index (χ2v) is 6.48. The van der Waals surface area contributed by atoms with E-state index in [1.807, 2.05) is 11.8 Å². The molecule has 3 rings (SSSR count). The van der Waals surface area contributed by atoms with E-state index in [2.05, 4.69) is 4.98 Å². The second kappa shape index (κ2) is 7.15. The summed E-state index contributed by atoms with van der Waals surface area (Å²) in [6.45, 7) is 4.06. The lowest BCUT2D eigenvalue weighted by atomic mass is 10.0. The Morgan fingerprint density at radius 1 is 1.30 bits per heavy atom. The first-order valence-electron chi connectivity index (χ1n) is 8.34. The number of nitrogens with zero attached hydrogens (tertiary/aromatic N) is 3. The average molecular weight is 381 g/mol. The van der Waals surface area contributed by atoms with Crippen molar-refractivity contribution in [2.24, 2.45) is 0 Å². The van der Waals surface area contributed by atoms with Crippen LogP contribution in [0.5, 0.6) is 0 Å². The first kappa shape index (κ1) is 19.1. The molecule has 2 atom stereocenters. The van der Waals surface area contributed by atoms with Gasteiger partial charge < -0.3 is 9.64 Å². The molecule has 0 bridgehead atoms. The molecule has 0 aliphatic carbocycles. The van der Waals surface area contributed by atoms with Crippen molar-refractivity contribution in [2.45, 2.75) is 32.2 Å². The highest BCUT2D eigenvalue weighted by molar-refractivity contribution is 5.48. The van der Waals surface area contributed by atoms with Gasteiger partial charge in [-0.3, -0.25) is 10.1 Å². The highest BCUT2D eigenvalue weighted by atomic mass is 19.4. The van der Waals surface area contributed by atoms with Gasteiger partial charge in [-0.05, 0) is 37.6 Å². The number of aromatic nitrogens is 1. The SMILES string of the molecule is Cc1nc(N2C[C@@H](c3cccc(C(F)(F)F)c3)OC[C@@H]2C)ccc1[N+](=O)[O-]. The van der Waals surface area contributed by atoms with Crippen molar-refractivity contribution < 1.29 is 22.8 Å². The van der Waals surface area contributed by atoms with Gasteiger partial charge in [-0.1, -0.05) is 12.1 Å². The van der Waals surface area contributed by atoms with Gasteiger partial charge in [0.2, 0.25) is 0 Å². The third-order valence-corrected chi connectivity index (χ3v) is 4.55. The molecule has 0 unspecified atom stereocenters. The Kier molecular flexibility index (Phi) is 5.05. The maximum absolute atomic E-state index is 13.0. The smallest absolute Gasteiger partial charge is 0.370 e. The molecule has 1 aliphatic rings. The molecular formula is C18H18F3N3O3. The second-order valence-electron chi connectivity index (χ2n) is 6.48. The van der Waals surface area contributed by atoms with Crippen LogP contribution < -0.4 is 4.90 Å². The number of aryl methyl sites for hydroxylation is 1. The minimum atomic E-state index is -4.42. The topological polar surface area (TPSA) is 68.5 Å². The van der Waals surface area contributed by atoms with Crippen molar-refractivity contribution in [3.63, 3.8) is 0 Å². The van der Waals surface area contributed by atoms with Crippen molar-refractivity contribution in [3.8, 4) is 0 Å². The van der Waals surface area contributed by atoms with Crippen molar-refractivity contribution in [1.29, 1.82) is 0 Å². The van der Waals surface area contributed by atoms with Crippen LogP contribution in [-0.4, -0.2) is 29.1 Å². The molecule has 0 radical (unpaired) electrons. The zero-order valence-electron chi connectivity index (χ0n) is 14.7. The molecule has 1 saturated heterocycles. The molecule has 0 amide bonds. The quantitative estimate of drug-likeness (QED) is 0.586. The summed E-state index contributed by atoms with van der Waals surface area (Å²) >= 11 is 0. The van der Waals surface area contributed by atoms with Crippen LogP contribution in [0.15, 0.2) is 36.4 Å². The van der Waals surface area contributed by atoms with Gasteiger partial charge in [0.15, 0.2) is 0 Å². The van der Waals surface area contributed by atoms with Crippen molar-refractivity contribution in [1.82, 2.24) is 4.98 Å². The molecule has 6 nitrogen and oxygen atoms in total. The number of rotatable bonds is 3. The van der Waals surface area contributed by atoms with Gasteiger partial charge in [0, 0.05) is 6.07 Å². The molecule has 27 heavy (non-hydrogen) atoms. The number of benzene rings is 1. The zero-order chi connectivity index (χ0) is 19.8. The van der Waals surface area contributed by atoms with Crippen molar-refractivity contribution >= 4 is 11.5 Å². The Morgan fingerprint density at radius 3 is 2.67 bits per heavy atom. The Balaban J connectivity index is 1.87. The van der Waals surface area contributed by atoms with E-state index >= 15 is 0 Å². The summed E-state index contributed by atoms with van der Waals surface area (Å²) in [7, 11) is 0. The maximum Gasteiger partial charge on any atom is 0.416 e. The van der Waals surface area contributed by atoms with Crippen molar-refractivity contribution in [3.05, 3.63) is 63.3 Å². The number of hydrogen-bond acceptors (Lipinski definition) is 5. The number of ether oxygens (including phenoxy) is 1. The fourth-order valence-corrected chi connectivity index (χ4v) is 3.09. The standard InChI is InChI=1S/C18H18F3N3O3/c1-11-10-27-16(13-4-3-5-14(8-13)18(19,20)21)9-23(11)17-7-6-15(24(25)26)12(2)22-17/h3-8,11,16H,9-10H2,1-2H3/t11-,16-/m0/s1. The van der Waals surface area contributed by atoms with Crippen molar-refractivity contribution in [2.75, 3.05) is 18.1 Å². The van der Waals surface area contributed by atoms with Crippen LogP contribution in [0.1, 0.15) is 29.8 Å². The van der Waals surface area contributed by atoms with E-state index in [1.54, 1.807) is 19.1 Å². The molecule has 0 N–H and O–H groups in total. The fraction of sp³-hybridized carbons (Fsp3) is 0.389. The monoisotopic (exact) mass is 381 g/mol. The maximum atomic E-state index is 13.0. The van der Waals surface area contributed by atoms with Crippen LogP contribution in [0.3, 0.4) is 0 Å². The van der Waals surface area contributed by atoms with Gasteiger partial charge in [0.05, 0.1) is 29.7 Å². The molecular weight excluding hydrogens is 363 g/mol. The number of alkyl halides is 3. The molecule has 0 saturated carbocycles. The molecule has 1 fully saturated rings. The first-order valence-corrected chi connectivity index (χ1v) is 8.34. The summed E-state index contributed by atoms with van der Waals surface area (Å²) in [5, 5.41) is 11.0. The molecule has 1 aromatic carbocycles. The lowest BCUT2D eigenvalue weighted by Crippen LogP contribution is -2.45. The number of nitro groups is 1. The summed E-state index contributed by atoms with van der Waals surface area (Å²) in [6, 6.07) is 7.94. The molecule has 1 aliphatic heterocycles. The minimum Gasteiger partial charge on any atom is -0.370 e. The van der Waals surface area contributed by atoms with Gasteiger partial charge in [-0.2, -0.15) is 13.2 Å². The largest absolute Gasteiger partial charge is 0.416 e. The van der Waals surface area contributed by atoms with Gasteiger partial charge in [0.25, 0.3) is 5.69 Å². The summed E-state index contributed by atoms with van der Waals surface area (Å²) in [4.78, 5) is 16.7. The molecule has 9 heteroatoms. The zero-order valence-corrected chi connectivity index (χ0v) is 14.7. The third-order valence-electron chi connectivity index (χ3n) is 4.55. The molecule has 1 aromatic heterocycles. The third kappa shape index (κ3) is 4.02. The highest BCUT2D eigenvalue weighted by Gasteiger charge is 2.33. The lowest BCUT2D eigenvalue weighted by Gasteiger charge is -2.39. The van der Waals surface area contributed by atoms with E-state index in [0.717, 1.165) is 12.1 Å². The van der Waals surface area contributed by atoms with Crippen LogP contribution in [0.25, 0.3) is 0 Å². The van der Waals surface area contributed by atoms with Crippen LogP contribution >= 0.6 is 0 Å². The summed E-state index contributed by atoms with van der Waals surface area (Å²) in [6.07, 6.45) is -4.98. The molecule has 144 valence electrons. The molecule has 0 spiro atoms. The van der Waals surface area contributed by atoms with E-state index in [9.17, 15) is 23.3 Å². The number of anilines is 1. The predicted molar refractivity (Wildman–Crippen MR) is 92.6 cm³/mol. The number of pyridine rings is 1. The first-order chi connectivity index (χ1) is 12.7. The normalized spacial score (nSPS) is 20.6. The Hall–Kier alpha value is -2.68. The number of hydrogen-bond donors (Lipinski definition) is 0.